The molecule has 2 aromatic carbocycles. The number of hydrogen-bond donors (Lipinski definition) is 5. The highest BCUT2D eigenvalue weighted by Crippen LogP contribution is 2.38. The van der Waals surface area contributed by atoms with Crippen LogP contribution in [0.2, 0.25) is 0 Å². The number of unbranched alkanes of at least 4 members (excludes halogenated alkanes) is 1. The van der Waals surface area contributed by atoms with Gasteiger partial charge in [0.05, 0.1) is 6.61 Å². The fraction of sp³-hybridized carbons (Fsp3) is 0.200. The number of hydrogen-bond acceptors (Lipinski definition) is 8. The molecule has 3 rings (SSSR count). The highest BCUT2D eigenvalue weighted by Gasteiger charge is 2.21. The van der Waals surface area contributed by atoms with Crippen molar-refractivity contribution in [3.05, 3.63) is 40.6 Å². The second kappa shape index (κ2) is 8.01. The molecule has 0 amide bonds. The Hall–Kier alpha value is -3.88. The highest BCUT2D eigenvalue weighted by atomic mass is 16.5. The Kier molecular flexibility index (Phi) is 5.49. The predicted molar refractivity (Wildman–Crippen MR) is 102 cm³/mol. The second-order valence-electron chi connectivity index (χ2n) is 6.33. The molecule has 0 aliphatic carbocycles. The normalized spacial score (nSPS) is 10.9. The summed E-state index contributed by atoms with van der Waals surface area (Å²) in [5, 5.41) is 47.5. The molecule has 1 aromatic heterocycles. The maximum absolute atomic E-state index is 12.9. The smallest absolute Gasteiger partial charge is 0.303 e. The van der Waals surface area contributed by atoms with E-state index in [2.05, 4.69) is 0 Å². The summed E-state index contributed by atoms with van der Waals surface area (Å²) < 4.78 is 11.2. The van der Waals surface area contributed by atoms with E-state index in [1.54, 1.807) is 0 Å². The lowest BCUT2D eigenvalue weighted by Crippen LogP contribution is -2.11. The van der Waals surface area contributed by atoms with Gasteiger partial charge in [0.25, 0.3) is 0 Å². The first-order valence-corrected chi connectivity index (χ1v) is 8.67. The topological polar surface area (TPSA) is 158 Å². The van der Waals surface area contributed by atoms with Crippen molar-refractivity contribution in [1.82, 2.24) is 0 Å². The lowest BCUT2D eigenvalue weighted by Gasteiger charge is -2.13. The van der Waals surface area contributed by atoms with Gasteiger partial charge in [0.15, 0.2) is 17.3 Å². The first-order chi connectivity index (χ1) is 13.8. The minimum atomic E-state index is -0.944. The fourth-order valence-electron chi connectivity index (χ4n) is 2.81. The minimum absolute atomic E-state index is 0.0134. The van der Waals surface area contributed by atoms with Crippen LogP contribution in [0.5, 0.6) is 28.7 Å². The van der Waals surface area contributed by atoms with Crippen molar-refractivity contribution in [2.45, 2.75) is 19.3 Å². The van der Waals surface area contributed by atoms with Crippen molar-refractivity contribution in [2.75, 3.05) is 6.61 Å². The third kappa shape index (κ3) is 4.18. The van der Waals surface area contributed by atoms with E-state index in [9.17, 15) is 30.0 Å². The number of carboxylic acid groups (broad SMARTS) is 1. The zero-order chi connectivity index (χ0) is 21.1. The molecular weight excluding hydrogens is 384 g/mol. The zero-order valence-electron chi connectivity index (χ0n) is 15.1. The molecular formula is C20H18O9. The molecule has 0 unspecified atom stereocenters. The molecule has 5 N–H and O–H groups in total. The molecule has 0 radical (unpaired) electrons. The molecule has 0 atom stereocenters. The summed E-state index contributed by atoms with van der Waals surface area (Å²) in [6, 6.07) is 5.89. The average molecular weight is 402 g/mol. The zero-order valence-corrected chi connectivity index (χ0v) is 15.1. The van der Waals surface area contributed by atoms with E-state index in [-0.39, 0.29) is 52.6 Å². The van der Waals surface area contributed by atoms with E-state index in [1.807, 2.05) is 0 Å². The number of aromatic hydroxyl groups is 4. The second-order valence-corrected chi connectivity index (χ2v) is 6.33. The van der Waals surface area contributed by atoms with Crippen LogP contribution in [0.25, 0.3) is 22.3 Å². The summed E-state index contributed by atoms with van der Waals surface area (Å²) in [6.07, 6.45) is 0.642. The van der Waals surface area contributed by atoms with Gasteiger partial charge in [-0.3, -0.25) is 9.59 Å². The summed E-state index contributed by atoms with van der Waals surface area (Å²) in [7, 11) is 0. The maximum atomic E-state index is 12.9. The van der Waals surface area contributed by atoms with Crippen molar-refractivity contribution in [2.24, 2.45) is 0 Å². The number of ether oxygens (including phenoxy) is 1. The van der Waals surface area contributed by atoms with Crippen LogP contribution in [-0.4, -0.2) is 38.1 Å². The summed E-state index contributed by atoms with van der Waals surface area (Å²) in [4.78, 5) is 23.5. The molecule has 0 aliphatic heterocycles. The number of carbonyl (C=O) groups is 1. The van der Waals surface area contributed by atoms with Gasteiger partial charge in [-0.2, -0.15) is 0 Å². The molecule has 152 valence electrons. The SMILES string of the molecule is O=C(O)CCCCOc1c(-c2ccc(O)c(O)c2)oc2cc(O)cc(O)c2c1=O. The van der Waals surface area contributed by atoms with Gasteiger partial charge in [0.2, 0.25) is 11.2 Å². The number of rotatable bonds is 7. The first kappa shape index (κ1) is 19.9. The van der Waals surface area contributed by atoms with Crippen molar-refractivity contribution < 1.29 is 39.5 Å². The Labute approximate surface area is 163 Å². The highest BCUT2D eigenvalue weighted by molar-refractivity contribution is 5.88. The molecule has 0 spiro atoms. The maximum Gasteiger partial charge on any atom is 0.303 e. The van der Waals surface area contributed by atoms with Gasteiger partial charge in [-0.15, -0.1) is 0 Å². The van der Waals surface area contributed by atoms with Crippen LogP contribution in [0.4, 0.5) is 0 Å². The largest absolute Gasteiger partial charge is 0.508 e. The van der Waals surface area contributed by atoms with Crippen LogP contribution in [0.15, 0.2) is 39.5 Å². The molecule has 1 heterocycles. The molecule has 29 heavy (non-hydrogen) atoms. The molecule has 0 fully saturated rings. The average Bonchev–Trinajstić information content (AvgIpc) is 2.64. The molecule has 9 nitrogen and oxygen atoms in total. The lowest BCUT2D eigenvalue weighted by atomic mass is 10.1. The number of benzene rings is 2. The Morgan fingerprint density at radius 1 is 0.966 bits per heavy atom. The number of phenols is 4. The Balaban J connectivity index is 2.09. The standard InChI is InChI=1S/C20H18O9/c21-11-8-14(24)17-15(9-11)29-19(10-4-5-12(22)13(23)7-10)20(18(17)27)28-6-2-1-3-16(25)26/h4-5,7-9,21-24H,1-3,6H2,(H,25,26). The molecule has 9 heteroatoms. The first-order valence-electron chi connectivity index (χ1n) is 8.67. The van der Waals surface area contributed by atoms with Crippen LogP contribution >= 0.6 is 0 Å². The lowest BCUT2D eigenvalue weighted by molar-refractivity contribution is -0.137. The molecule has 3 aromatic rings. The van der Waals surface area contributed by atoms with Gasteiger partial charge in [-0.25, -0.2) is 0 Å². The number of carboxylic acids is 1. The van der Waals surface area contributed by atoms with Gasteiger partial charge >= 0.3 is 5.97 Å². The number of aliphatic carboxylic acids is 1. The van der Waals surface area contributed by atoms with Gasteiger partial charge < -0.3 is 34.7 Å². The molecule has 0 bridgehead atoms. The van der Waals surface area contributed by atoms with Crippen LogP contribution in [0.3, 0.4) is 0 Å². The van der Waals surface area contributed by atoms with Crippen molar-refractivity contribution in [3.8, 4) is 40.1 Å². The minimum Gasteiger partial charge on any atom is -0.508 e. The monoisotopic (exact) mass is 402 g/mol. The van der Waals surface area contributed by atoms with Crippen LogP contribution in [0, 0.1) is 0 Å². The third-order valence-corrected chi connectivity index (χ3v) is 4.19. The van der Waals surface area contributed by atoms with Gasteiger partial charge in [-0.05, 0) is 31.0 Å². The van der Waals surface area contributed by atoms with E-state index in [4.69, 9.17) is 14.3 Å². The van der Waals surface area contributed by atoms with Crippen LogP contribution in [0.1, 0.15) is 19.3 Å². The Morgan fingerprint density at radius 3 is 2.41 bits per heavy atom. The van der Waals surface area contributed by atoms with Crippen LogP contribution < -0.4 is 10.2 Å². The van der Waals surface area contributed by atoms with Gasteiger partial charge in [0, 0.05) is 24.1 Å². The number of fused-ring (bicyclic) bond motifs is 1. The van der Waals surface area contributed by atoms with Gasteiger partial charge in [0.1, 0.15) is 22.5 Å². The van der Waals surface area contributed by atoms with Crippen molar-refractivity contribution in [1.29, 1.82) is 0 Å². The number of phenolic OH excluding ortho intramolecular Hbond substituents is 4. The quantitative estimate of drug-likeness (QED) is 0.296. The van der Waals surface area contributed by atoms with Crippen LogP contribution in [-0.2, 0) is 4.79 Å². The van der Waals surface area contributed by atoms with E-state index in [0.29, 0.717) is 12.8 Å². The Morgan fingerprint density at radius 2 is 1.72 bits per heavy atom. The van der Waals surface area contributed by atoms with Crippen molar-refractivity contribution in [3.63, 3.8) is 0 Å². The van der Waals surface area contributed by atoms with E-state index in [0.717, 1.165) is 12.1 Å². The fourth-order valence-corrected chi connectivity index (χ4v) is 2.81. The van der Waals surface area contributed by atoms with E-state index < -0.39 is 22.9 Å². The van der Waals surface area contributed by atoms with Crippen molar-refractivity contribution >= 4 is 16.9 Å². The molecule has 0 saturated carbocycles. The van der Waals surface area contributed by atoms with E-state index >= 15 is 0 Å². The summed E-state index contributed by atoms with van der Waals surface area (Å²) >= 11 is 0. The van der Waals surface area contributed by atoms with E-state index in [1.165, 1.54) is 18.2 Å². The van der Waals surface area contributed by atoms with Gasteiger partial charge in [-0.1, -0.05) is 0 Å². The summed E-state index contributed by atoms with van der Waals surface area (Å²) in [5.41, 5.74) is -0.597. The predicted octanol–water partition coefficient (Wildman–Crippen LogP) is 2.92. The summed E-state index contributed by atoms with van der Waals surface area (Å²) in [6.45, 7) is 0.0134. The summed E-state index contributed by atoms with van der Waals surface area (Å²) in [5.74, 6) is -2.91. The molecule has 0 saturated heterocycles. The third-order valence-electron chi connectivity index (χ3n) is 4.19. The molecule has 0 aliphatic rings. The Bertz CT molecular complexity index is 1130.